The zero-order valence-electron chi connectivity index (χ0n) is 9.42. The van der Waals surface area contributed by atoms with E-state index in [1.807, 2.05) is 29.8 Å². The molecule has 0 spiro atoms. The van der Waals surface area contributed by atoms with Gasteiger partial charge in [0.05, 0.1) is 6.61 Å². The van der Waals surface area contributed by atoms with Gasteiger partial charge >= 0.3 is 0 Å². The standard InChI is InChI=1S/C11H14N4O/c1-9-3-4-10(7-12-9)11-14-13-8-15(11)5-6-16-2/h3-4,7-8H,5-6H2,1-2H3. The molecule has 0 fully saturated rings. The molecular formula is C11H14N4O. The summed E-state index contributed by atoms with van der Waals surface area (Å²) in [5.41, 5.74) is 1.96. The second-order valence-corrected chi connectivity index (χ2v) is 3.53. The number of nitrogens with zero attached hydrogens (tertiary/aromatic N) is 4. The van der Waals surface area contributed by atoms with Crippen molar-refractivity contribution in [2.24, 2.45) is 0 Å². The van der Waals surface area contributed by atoms with Crippen LogP contribution in [-0.4, -0.2) is 33.5 Å². The molecule has 84 valence electrons. The van der Waals surface area contributed by atoms with E-state index < -0.39 is 0 Å². The van der Waals surface area contributed by atoms with Crippen LogP contribution < -0.4 is 0 Å². The third-order valence-corrected chi connectivity index (χ3v) is 2.32. The van der Waals surface area contributed by atoms with Crippen molar-refractivity contribution in [1.29, 1.82) is 0 Å². The Bertz CT molecular complexity index is 449. The van der Waals surface area contributed by atoms with Gasteiger partial charge in [-0.2, -0.15) is 0 Å². The summed E-state index contributed by atoms with van der Waals surface area (Å²) in [5, 5.41) is 7.99. The summed E-state index contributed by atoms with van der Waals surface area (Å²) in [6, 6.07) is 3.96. The third-order valence-electron chi connectivity index (χ3n) is 2.32. The lowest BCUT2D eigenvalue weighted by Gasteiger charge is -2.05. The Hall–Kier alpha value is -1.75. The fourth-order valence-corrected chi connectivity index (χ4v) is 1.43. The van der Waals surface area contributed by atoms with Gasteiger partial charge in [-0.1, -0.05) is 0 Å². The molecule has 0 amide bonds. The Morgan fingerprint density at radius 1 is 1.38 bits per heavy atom. The first-order valence-corrected chi connectivity index (χ1v) is 5.11. The van der Waals surface area contributed by atoms with Crippen molar-refractivity contribution in [3.63, 3.8) is 0 Å². The summed E-state index contributed by atoms with van der Waals surface area (Å²) in [6.45, 7) is 3.34. The van der Waals surface area contributed by atoms with Gasteiger partial charge in [-0.25, -0.2) is 0 Å². The summed E-state index contributed by atoms with van der Waals surface area (Å²) in [7, 11) is 1.68. The number of hydrogen-bond acceptors (Lipinski definition) is 4. The molecule has 5 nitrogen and oxygen atoms in total. The Labute approximate surface area is 94.1 Å². The fraction of sp³-hybridized carbons (Fsp3) is 0.364. The molecule has 5 heteroatoms. The minimum absolute atomic E-state index is 0.643. The second kappa shape index (κ2) is 4.85. The summed E-state index contributed by atoms with van der Waals surface area (Å²) >= 11 is 0. The van der Waals surface area contributed by atoms with Crippen LogP contribution in [0.25, 0.3) is 11.4 Å². The molecule has 0 aromatic carbocycles. The maximum atomic E-state index is 5.03. The van der Waals surface area contributed by atoms with Crippen molar-refractivity contribution < 1.29 is 4.74 Å². The summed E-state index contributed by atoms with van der Waals surface area (Å²) in [6.07, 6.45) is 3.51. The predicted molar refractivity (Wildman–Crippen MR) is 59.9 cm³/mol. The lowest BCUT2D eigenvalue weighted by Crippen LogP contribution is -2.05. The first-order chi connectivity index (χ1) is 7.81. The van der Waals surface area contributed by atoms with E-state index in [-0.39, 0.29) is 0 Å². The van der Waals surface area contributed by atoms with E-state index in [2.05, 4.69) is 15.2 Å². The van der Waals surface area contributed by atoms with Crippen molar-refractivity contribution in [2.45, 2.75) is 13.5 Å². The van der Waals surface area contributed by atoms with Crippen LogP contribution in [0.2, 0.25) is 0 Å². The predicted octanol–water partition coefficient (Wildman–Crippen LogP) is 1.29. The van der Waals surface area contributed by atoms with Gasteiger partial charge in [-0.3, -0.25) is 4.98 Å². The Balaban J connectivity index is 2.26. The van der Waals surface area contributed by atoms with Gasteiger partial charge in [0.2, 0.25) is 0 Å². The minimum atomic E-state index is 0.643. The third kappa shape index (κ3) is 2.25. The highest BCUT2D eigenvalue weighted by Crippen LogP contribution is 2.15. The van der Waals surface area contributed by atoms with E-state index in [4.69, 9.17) is 4.74 Å². The Morgan fingerprint density at radius 2 is 2.25 bits per heavy atom. The molecule has 2 aromatic rings. The van der Waals surface area contributed by atoms with Crippen LogP contribution in [-0.2, 0) is 11.3 Å². The van der Waals surface area contributed by atoms with Crippen LogP contribution in [0.1, 0.15) is 5.69 Å². The number of hydrogen-bond donors (Lipinski definition) is 0. The molecule has 0 bridgehead atoms. The van der Waals surface area contributed by atoms with Gasteiger partial charge < -0.3 is 9.30 Å². The van der Waals surface area contributed by atoms with Gasteiger partial charge in [0.15, 0.2) is 5.82 Å². The van der Waals surface area contributed by atoms with Crippen LogP contribution in [0.5, 0.6) is 0 Å². The largest absolute Gasteiger partial charge is 0.383 e. The van der Waals surface area contributed by atoms with Gasteiger partial charge in [0.25, 0.3) is 0 Å². The van der Waals surface area contributed by atoms with Crippen molar-refractivity contribution in [3.8, 4) is 11.4 Å². The van der Waals surface area contributed by atoms with Crippen molar-refractivity contribution in [1.82, 2.24) is 19.7 Å². The molecule has 0 unspecified atom stereocenters. The number of aryl methyl sites for hydroxylation is 1. The molecule has 2 rings (SSSR count). The zero-order valence-corrected chi connectivity index (χ0v) is 9.42. The summed E-state index contributed by atoms with van der Waals surface area (Å²) < 4.78 is 6.99. The van der Waals surface area contributed by atoms with Crippen molar-refractivity contribution >= 4 is 0 Å². The van der Waals surface area contributed by atoms with Crippen LogP contribution in [0, 0.1) is 6.92 Å². The molecule has 2 heterocycles. The van der Waals surface area contributed by atoms with E-state index in [1.54, 1.807) is 13.4 Å². The topological polar surface area (TPSA) is 52.8 Å². The Kier molecular flexibility index (Phi) is 3.26. The quantitative estimate of drug-likeness (QED) is 0.776. The molecule has 0 saturated heterocycles. The number of methoxy groups -OCH3 is 1. The van der Waals surface area contributed by atoms with Gasteiger partial charge in [0.1, 0.15) is 6.33 Å². The molecule has 0 saturated carbocycles. The lowest BCUT2D eigenvalue weighted by atomic mass is 10.2. The highest BCUT2D eigenvalue weighted by molar-refractivity contribution is 5.53. The molecule has 0 aliphatic carbocycles. The van der Waals surface area contributed by atoms with Gasteiger partial charge in [0, 0.05) is 31.1 Å². The van der Waals surface area contributed by atoms with Crippen LogP contribution in [0.3, 0.4) is 0 Å². The van der Waals surface area contributed by atoms with Crippen molar-refractivity contribution in [2.75, 3.05) is 13.7 Å². The van der Waals surface area contributed by atoms with E-state index in [0.29, 0.717) is 6.61 Å². The first kappa shape index (κ1) is 10.8. The Morgan fingerprint density at radius 3 is 2.94 bits per heavy atom. The number of ether oxygens (including phenoxy) is 1. The first-order valence-electron chi connectivity index (χ1n) is 5.11. The number of rotatable bonds is 4. The van der Waals surface area contributed by atoms with E-state index >= 15 is 0 Å². The molecule has 2 aromatic heterocycles. The second-order valence-electron chi connectivity index (χ2n) is 3.53. The molecule has 16 heavy (non-hydrogen) atoms. The van der Waals surface area contributed by atoms with E-state index in [1.165, 1.54) is 0 Å². The van der Waals surface area contributed by atoms with E-state index in [9.17, 15) is 0 Å². The molecule has 0 aliphatic heterocycles. The SMILES string of the molecule is COCCn1cnnc1-c1ccc(C)nc1. The lowest BCUT2D eigenvalue weighted by molar-refractivity contribution is 0.187. The van der Waals surface area contributed by atoms with Crippen LogP contribution >= 0.6 is 0 Å². The highest BCUT2D eigenvalue weighted by atomic mass is 16.5. The van der Waals surface area contributed by atoms with Gasteiger partial charge in [-0.05, 0) is 19.1 Å². The van der Waals surface area contributed by atoms with E-state index in [0.717, 1.165) is 23.6 Å². The summed E-state index contributed by atoms with van der Waals surface area (Å²) in [4.78, 5) is 4.24. The summed E-state index contributed by atoms with van der Waals surface area (Å²) in [5.74, 6) is 0.824. The van der Waals surface area contributed by atoms with Gasteiger partial charge in [-0.15, -0.1) is 10.2 Å². The fourth-order valence-electron chi connectivity index (χ4n) is 1.43. The molecule has 0 aliphatic rings. The van der Waals surface area contributed by atoms with Crippen molar-refractivity contribution in [3.05, 3.63) is 30.4 Å². The normalized spacial score (nSPS) is 10.6. The maximum Gasteiger partial charge on any atom is 0.165 e. The van der Waals surface area contributed by atoms with Crippen LogP contribution in [0.4, 0.5) is 0 Å². The number of pyridine rings is 1. The smallest absolute Gasteiger partial charge is 0.165 e. The number of aromatic nitrogens is 4. The highest BCUT2D eigenvalue weighted by Gasteiger charge is 2.06. The average Bonchev–Trinajstić information content (AvgIpc) is 2.75. The maximum absolute atomic E-state index is 5.03. The molecule has 0 atom stereocenters. The minimum Gasteiger partial charge on any atom is -0.383 e. The monoisotopic (exact) mass is 218 g/mol. The zero-order chi connectivity index (χ0) is 11.4. The average molecular weight is 218 g/mol. The molecule has 0 N–H and O–H groups in total. The molecule has 0 radical (unpaired) electrons. The van der Waals surface area contributed by atoms with Crippen LogP contribution in [0.15, 0.2) is 24.7 Å². The molecular weight excluding hydrogens is 204 g/mol.